The van der Waals surface area contributed by atoms with Gasteiger partial charge in [-0.15, -0.1) is 0 Å². The van der Waals surface area contributed by atoms with E-state index in [1.807, 2.05) is 55.5 Å². The number of carbonyl (C=O) groups is 1. The van der Waals surface area contributed by atoms with Crippen LogP contribution in [0.5, 0.6) is 0 Å². The number of hydrogen-bond donors (Lipinski definition) is 1. The summed E-state index contributed by atoms with van der Waals surface area (Å²) >= 11 is 4.92. The second kappa shape index (κ2) is 6.67. The summed E-state index contributed by atoms with van der Waals surface area (Å²) in [7, 11) is 0. The molecular weight excluding hydrogens is 360 g/mol. The second-order valence-electron chi connectivity index (χ2n) is 5.13. The number of para-hydroxylation sites is 1. The molecule has 112 valence electrons. The highest BCUT2D eigenvalue weighted by molar-refractivity contribution is 9.10. The summed E-state index contributed by atoms with van der Waals surface area (Å²) in [6.07, 6.45) is 0.705. The molecule has 2 aromatic rings. The molecule has 1 atom stereocenters. The van der Waals surface area contributed by atoms with E-state index >= 15 is 0 Å². The minimum absolute atomic E-state index is 0.0280. The molecule has 5 heteroatoms. The maximum Gasteiger partial charge on any atom is 0.239 e. The highest BCUT2D eigenvalue weighted by Gasteiger charge is 2.30. The first-order valence-corrected chi connectivity index (χ1v) is 8.65. The van der Waals surface area contributed by atoms with Crippen molar-refractivity contribution < 1.29 is 4.79 Å². The van der Waals surface area contributed by atoms with E-state index < -0.39 is 0 Å². The number of hydrogen-bond acceptors (Lipinski definition) is 3. The van der Waals surface area contributed by atoms with Crippen molar-refractivity contribution in [3.8, 4) is 0 Å². The van der Waals surface area contributed by atoms with Crippen LogP contribution in [0.15, 0.2) is 58.0 Å². The third-order valence-electron chi connectivity index (χ3n) is 3.45. The molecule has 0 saturated carbocycles. The van der Waals surface area contributed by atoms with Crippen molar-refractivity contribution in [2.24, 2.45) is 4.99 Å². The number of nitrogens with zero attached hydrogens (tertiary/aromatic N) is 1. The van der Waals surface area contributed by atoms with Gasteiger partial charge in [-0.25, -0.2) is 4.99 Å². The van der Waals surface area contributed by atoms with Gasteiger partial charge >= 0.3 is 0 Å². The summed E-state index contributed by atoms with van der Waals surface area (Å²) in [4.78, 5) is 16.7. The van der Waals surface area contributed by atoms with Crippen molar-refractivity contribution in [3.05, 3.63) is 64.1 Å². The van der Waals surface area contributed by atoms with Gasteiger partial charge in [0.2, 0.25) is 5.91 Å². The van der Waals surface area contributed by atoms with E-state index in [0.29, 0.717) is 11.6 Å². The smallest absolute Gasteiger partial charge is 0.239 e. The lowest BCUT2D eigenvalue weighted by molar-refractivity contribution is -0.118. The predicted octanol–water partition coefficient (Wildman–Crippen LogP) is 4.22. The molecule has 3 nitrogen and oxygen atoms in total. The topological polar surface area (TPSA) is 41.5 Å². The number of thioether (sulfide) groups is 1. The zero-order valence-electron chi connectivity index (χ0n) is 12.0. The van der Waals surface area contributed by atoms with Gasteiger partial charge in [0.15, 0.2) is 5.17 Å². The van der Waals surface area contributed by atoms with Crippen molar-refractivity contribution in [3.63, 3.8) is 0 Å². The molecule has 0 bridgehead atoms. The summed E-state index contributed by atoms with van der Waals surface area (Å²) in [6, 6.07) is 16.0. The second-order valence-corrected chi connectivity index (χ2v) is 7.24. The van der Waals surface area contributed by atoms with Gasteiger partial charge in [-0.05, 0) is 42.7 Å². The molecule has 1 heterocycles. The molecule has 22 heavy (non-hydrogen) atoms. The minimum Gasteiger partial charge on any atom is -0.304 e. The van der Waals surface area contributed by atoms with Crippen molar-refractivity contribution in [1.82, 2.24) is 5.32 Å². The van der Waals surface area contributed by atoms with Crippen molar-refractivity contribution in [2.45, 2.75) is 18.6 Å². The molecule has 1 aliphatic rings. The summed E-state index contributed by atoms with van der Waals surface area (Å²) in [5, 5.41) is 3.44. The molecule has 1 saturated heterocycles. The Morgan fingerprint density at radius 2 is 1.91 bits per heavy atom. The number of carbonyl (C=O) groups excluding carboxylic acids is 1. The number of halogens is 1. The number of amides is 1. The van der Waals surface area contributed by atoms with Crippen LogP contribution in [-0.4, -0.2) is 16.3 Å². The molecule has 0 aliphatic carbocycles. The van der Waals surface area contributed by atoms with Crippen LogP contribution in [0.2, 0.25) is 0 Å². The van der Waals surface area contributed by atoms with Gasteiger partial charge in [-0.3, -0.25) is 4.79 Å². The van der Waals surface area contributed by atoms with Crippen LogP contribution < -0.4 is 5.32 Å². The molecule has 0 spiro atoms. The Labute approximate surface area is 142 Å². The molecule has 0 aromatic heterocycles. The van der Waals surface area contributed by atoms with Gasteiger partial charge < -0.3 is 5.32 Å². The Balaban J connectivity index is 1.73. The van der Waals surface area contributed by atoms with Crippen LogP contribution in [-0.2, 0) is 11.2 Å². The molecule has 1 fully saturated rings. The van der Waals surface area contributed by atoms with Crippen molar-refractivity contribution >= 4 is 44.5 Å². The van der Waals surface area contributed by atoms with Crippen LogP contribution in [0.1, 0.15) is 11.1 Å². The van der Waals surface area contributed by atoms with Gasteiger partial charge in [0.25, 0.3) is 0 Å². The lowest BCUT2D eigenvalue weighted by Crippen LogP contribution is -2.25. The first-order valence-electron chi connectivity index (χ1n) is 6.98. The number of rotatable bonds is 3. The number of aliphatic imine (C=N–C) groups is 1. The first-order chi connectivity index (χ1) is 10.6. The van der Waals surface area contributed by atoms with Gasteiger partial charge in [0, 0.05) is 4.47 Å². The SMILES string of the molecule is Cc1ccccc1N=C1NC(=O)[C@H](Cc2ccc(Br)cc2)S1. The highest BCUT2D eigenvalue weighted by atomic mass is 79.9. The average Bonchev–Trinajstić information content (AvgIpc) is 2.84. The van der Waals surface area contributed by atoms with E-state index in [-0.39, 0.29) is 11.2 Å². The van der Waals surface area contributed by atoms with Crippen molar-refractivity contribution in [1.29, 1.82) is 0 Å². The third kappa shape index (κ3) is 3.59. The molecule has 0 radical (unpaired) electrons. The van der Waals surface area contributed by atoms with Gasteiger partial charge in [0.05, 0.1) is 10.9 Å². The lowest BCUT2D eigenvalue weighted by atomic mass is 10.1. The van der Waals surface area contributed by atoms with E-state index in [1.165, 1.54) is 11.8 Å². The molecular formula is C17H15BrN2OS. The highest BCUT2D eigenvalue weighted by Crippen LogP contribution is 2.27. The molecule has 0 unspecified atom stereocenters. The Kier molecular flexibility index (Phi) is 4.64. The fourth-order valence-corrected chi connectivity index (χ4v) is 3.51. The molecule has 2 aromatic carbocycles. The molecule has 1 N–H and O–H groups in total. The van der Waals surface area contributed by atoms with Crippen LogP contribution in [0, 0.1) is 6.92 Å². The standard InChI is InChI=1S/C17H15BrN2OS/c1-11-4-2-3-5-14(11)19-17-20-16(21)15(22-17)10-12-6-8-13(18)9-7-12/h2-9,15H,10H2,1H3,(H,19,20,21)/t15-/m0/s1. The predicted molar refractivity (Wildman–Crippen MR) is 95.6 cm³/mol. The van der Waals surface area contributed by atoms with Gasteiger partial charge in [-0.1, -0.05) is 58.0 Å². The number of amidine groups is 1. The zero-order chi connectivity index (χ0) is 15.5. The van der Waals surface area contributed by atoms with E-state index in [9.17, 15) is 4.79 Å². The number of nitrogens with one attached hydrogen (secondary N) is 1. The minimum atomic E-state index is -0.121. The number of benzene rings is 2. The van der Waals surface area contributed by atoms with Crippen LogP contribution in [0.4, 0.5) is 5.69 Å². The molecule has 1 amide bonds. The van der Waals surface area contributed by atoms with E-state index in [0.717, 1.165) is 21.3 Å². The molecule has 3 rings (SSSR count). The quantitative estimate of drug-likeness (QED) is 0.873. The average molecular weight is 375 g/mol. The Hall–Kier alpha value is -1.59. The summed E-state index contributed by atoms with van der Waals surface area (Å²) in [5.74, 6) is 0.0280. The van der Waals surface area contributed by atoms with E-state index in [1.54, 1.807) is 0 Å². The Morgan fingerprint density at radius 1 is 1.18 bits per heavy atom. The molecule has 1 aliphatic heterocycles. The summed E-state index contributed by atoms with van der Waals surface area (Å²) < 4.78 is 1.04. The van der Waals surface area contributed by atoms with Crippen molar-refractivity contribution in [2.75, 3.05) is 0 Å². The Morgan fingerprint density at radius 3 is 2.64 bits per heavy atom. The normalized spacial score (nSPS) is 19.5. The maximum atomic E-state index is 12.1. The monoisotopic (exact) mass is 374 g/mol. The number of aryl methyl sites for hydroxylation is 1. The van der Waals surface area contributed by atoms with Crippen LogP contribution in [0.25, 0.3) is 0 Å². The fraction of sp³-hybridized carbons (Fsp3) is 0.176. The largest absolute Gasteiger partial charge is 0.304 e. The Bertz CT molecular complexity index is 728. The summed E-state index contributed by atoms with van der Waals surface area (Å²) in [6.45, 7) is 2.01. The van der Waals surface area contributed by atoms with Gasteiger partial charge in [0.1, 0.15) is 0 Å². The fourth-order valence-electron chi connectivity index (χ4n) is 2.23. The van der Waals surface area contributed by atoms with Gasteiger partial charge in [-0.2, -0.15) is 0 Å². The first kappa shape index (κ1) is 15.3. The third-order valence-corrected chi connectivity index (χ3v) is 5.06. The summed E-state index contributed by atoms with van der Waals surface area (Å²) in [5.41, 5.74) is 3.14. The lowest BCUT2D eigenvalue weighted by Gasteiger charge is -2.05. The van der Waals surface area contributed by atoms with Crippen LogP contribution >= 0.6 is 27.7 Å². The van der Waals surface area contributed by atoms with E-state index in [4.69, 9.17) is 0 Å². The maximum absolute atomic E-state index is 12.1. The van der Waals surface area contributed by atoms with Crippen LogP contribution in [0.3, 0.4) is 0 Å². The zero-order valence-corrected chi connectivity index (χ0v) is 14.4. The van der Waals surface area contributed by atoms with E-state index in [2.05, 4.69) is 26.2 Å².